The minimum absolute atomic E-state index is 0.0882. The smallest absolute Gasteiger partial charge is 0.326 e. The van der Waals surface area contributed by atoms with Crippen molar-refractivity contribution in [3.05, 3.63) is 18.2 Å². The SMILES string of the molecule is COc1ccc(NC(=O)COC(=O)CN2C(=O)N[C@@](C)(C3CC3)C2=O)c(OC)c1. The highest BCUT2D eigenvalue weighted by Gasteiger charge is 2.56. The number of nitrogens with one attached hydrogen (secondary N) is 2. The van der Waals surface area contributed by atoms with Crippen molar-refractivity contribution in [2.75, 3.05) is 32.7 Å². The second-order valence-corrected chi connectivity index (χ2v) is 7.07. The topological polar surface area (TPSA) is 123 Å². The van der Waals surface area contributed by atoms with Crippen LogP contribution in [-0.2, 0) is 19.1 Å². The second-order valence-electron chi connectivity index (χ2n) is 7.07. The third-order valence-corrected chi connectivity index (χ3v) is 5.03. The molecule has 1 aliphatic heterocycles. The van der Waals surface area contributed by atoms with E-state index < -0.39 is 42.5 Å². The Kier molecular flexibility index (Phi) is 5.62. The molecule has 0 radical (unpaired) electrons. The molecule has 10 nitrogen and oxygen atoms in total. The lowest BCUT2D eigenvalue weighted by molar-refractivity contribution is -0.150. The summed E-state index contributed by atoms with van der Waals surface area (Å²) in [4.78, 5) is 49.5. The molecule has 1 atom stereocenters. The normalized spacial score (nSPS) is 20.9. The average Bonchev–Trinajstić information content (AvgIpc) is 3.53. The van der Waals surface area contributed by atoms with E-state index in [9.17, 15) is 19.2 Å². The van der Waals surface area contributed by atoms with Gasteiger partial charge in [-0.25, -0.2) is 4.79 Å². The number of nitrogens with zero attached hydrogens (tertiary/aromatic N) is 1. The van der Waals surface area contributed by atoms with E-state index >= 15 is 0 Å². The van der Waals surface area contributed by atoms with Crippen molar-refractivity contribution in [1.29, 1.82) is 0 Å². The number of hydrogen-bond donors (Lipinski definition) is 2. The van der Waals surface area contributed by atoms with Crippen molar-refractivity contribution in [1.82, 2.24) is 10.2 Å². The molecule has 0 spiro atoms. The van der Waals surface area contributed by atoms with Gasteiger partial charge in [0.25, 0.3) is 11.8 Å². The molecule has 1 aromatic rings. The van der Waals surface area contributed by atoms with E-state index in [1.54, 1.807) is 25.1 Å². The Morgan fingerprint density at radius 1 is 1.24 bits per heavy atom. The average molecular weight is 405 g/mol. The molecule has 1 heterocycles. The van der Waals surface area contributed by atoms with E-state index in [0.29, 0.717) is 17.2 Å². The first-order valence-electron chi connectivity index (χ1n) is 9.10. The minimum Gasteiger partial charge on any atom is -0.497 e. The Labute approximate surface area is 167 Å². The Balaban J connectivity index is 1.51. The number of rotatable bonds is 8. The number of amides is 4. The molecule has 0 aromatic heterocycles. The number of hydrogen-bond acceptors (Lipinski definition) is 7. The van der Waals surface area contributed by atoms with Gasteiger partial charge in [-0.2, -0.15) is 0 Å². The fourth-order valence-electron chi connectivity index (χ4n) is 3.21. The van der Waals surface area contributed by atoms with Crippen molar-refractivity contribution in [3.63, 3.8) is 0 Å². The van der Waals surface area contributed by atoms with Crippen LogP contribution in [0.4, 0.5) is 10.5 Å². The summed E-state index contributed by atoms with van der Waals surface area (Å²) in [5, 5.41) is 5.20. The quantitative estimate of drug-likeness (QED) is 0.487. The summed E-state index contributed by atoms with van der Waals surface area (Å²) >= 11 is 0. The standard InChI is InChI=1S/C19H23N3O7/c1-19(11-4-5-11)17(25)22(18(26)21-19)9-16(24)29-10-15(23)20-13-7-6-12(27-2)8-14(13)28-3/h6-8,11H,4-5,9-10H2,1-3H3,(H,20,23)(H,21,26)/t19-/m0/s1. The van der Waals surface area contributed by atoms with E-state index in [-0.39, 0.29) is 5.92 Å². The number of anilines is 1. The lowest BCUT2D eigenvalue weighted by Crippen LogP contribution is -2.46. The molecule has 2 aliphatic rings. The fourth-order valence-corrected chi connectivity index (χ4v) is 3.21. The molecule has 0 bridgehead atoms. The lowest BCUT2D eigenvalue weighted by atomic mass is 9.96. The summed E-state index contributed by atoms with van der Waals surface area (Å²) in [6.45, 7) is 0.537. The first-order valence-corrected chi connectivity index (χ1v) is 9.10. The van der Waals surface area contributed by atoms with Gasteiger partial charge in [-0.05, 0) is 37.8 Å². The molecule has 2 fully saturated rings. The van der Waals surface area contributed by atoms with Gasteiger partial charge in [0.05, 0.1) is 19.9 Å². The molecule has 10 heteroatoms. The van der Waals surface area contributed by atoms with Crippen LogP contribution >= 0.6 is 0 Å². The summed E-state index contributed by atoms with van der Waals surface area (Å²) in [7, 11) is 2.95. The number of carbonyl (C=O) groups excluding carboxylic acids is 4. The fraction of sp³-hybridized carbons (Fsp3) is 0.474. The summed E-state index contributed by atoms with van der Waals surface area (Å²) < 4.78 is 15.2. The Bertz CT molecular complexity index is 852. The predicted octanol–water partition coefficient (Wildman–Crippen LogP) is 0.906. The van der Waals surface area contributed by atoms with Gasteiger partial charge in [0, 0.05) is 6.07 Å². The van der Waals surface area contributed by atoms with Crippen LogP contribution in [0.5, 0.6) is 11.5 Å². The molecule has 1 saturated heterocycles. The minimum atomic E-state index is -0.973. The Morgan fingerprint density at radius 2 is 1.97 bits per heavy atom. The highest BCUT2D eigenvalue weighted by atomic mass is 16.5. The molecule has 1 saturated carbocycles. The van der Waals surface area contributed by atoms with Crippen LogP contribution in [0.1, 0.15) is 19.8 Å². The summed E-state index contributed by atoms with van der Waals surface area (Å²) in [5.41, 5.74) is -0.594. The van der Waals surface area contributed by atoms with Crippen LogP contribution in [0.25, 0.3) is 0 Å². The van der Waals surface area contributed by atoms with Gasteiger partial charge in [-0.15, -0.1) is 0 Å². The number of imide groups is 1. The summed E-state index contributed by atoms with van der Waals surface area (Å²) in [5.74, 6) is -0.882. The van der Waals surface area contributed by atoms with Crippen molar-refractivity contribution in [3.8, 4) is 11.5 Å². The molecular weight excluding hydrogens is 382 g/mol. The van der Waals surface area contributed by atoms with Crippen LogP contribution in [-0.4, -0.2) is 61.6 Å². The van der Waals surface area contributed by atoms with Crippen molar-refractivity contribution >= 4 is 29.5 Å². The van der Waals surface area contributed by atoms with Gasteiger partial charge in [0.1, 0.15) is 23.6 Å². The van der Waals surface area contributed by atoms with E-state index in [1.807, 2.05) is 0 Å². The number of benzene rings is 1. The van der Waals surface area contributed by atoms with Crippen LogP contribution in [0.15, 0.2) is 18.2 Å². The molecule has 1 aromatic carbocycles. The first-order chi connectivity index (χ1) is 13.8. The third-order valence-electron chi connectivity index (χ3n) is 5.03. The molecule has 0 unspecified atom stereocenters. The van der Waals surface area contributed by atoms with Crippen molar-refractivity contribution < 1.29 is 33.4 Å². The predicted molar refractivity (Wildman–Crippen MR) is 101 cm³/mol. The highest BCUT2D eigenvalue weighted by molar-refractivity contribution is 6.09. The van der Waals surface area contributed by atoms with Crippen molar-refractivity contribution in [2.24, 2.45) is 5.92 Å². The Morgan fingerprint density at radius 3 is 2.59 bits per heavy atom. The van der Waals surface area contributed by atoms with E-state index in [2.05, 4.69) is 10.6 Å². The lowest BCUT2D eigenvalue weighted by Gasteiger charge is -2.20. The highest BCUT2D eigenvalue weighted by Crippen LogP contribution is 2.42. The van der Waals surface area contributed by atoms with Gasteiger partial charge < -0.3 is 24.8 Å². The van der Waals surface area contributed by atoms with Gasteiger partial charge in [-0.3, -0.25) is 19.3 Å². The molecule has 156 valence electrons. The number of methoxy groups -OCH3 is 2. The molecule has 29 heavy (non-hydrogen) atoms. The summed E-state index contributed by atoms with van der Waals surface area (Å²) in [6.07, 6.45) is 1.71. The molecule has 2 N–H and O–H groups in total. The zero-order valence-electron chi connectivity index (χ0n) is 16.4. The van der Waals surface area contributed by atoms with Gasteiger partial charge >= 0.3 is 12.0 Å². The monoisotopic (exact) mass is 405 g/mol. The van der Waals surface area contributed by atoms with Gasteiger partial charge in [-0.1, -0.05) is 0 Å². The van der Waals surface area contributed by atoms with E-state index in [4.69, 9.17) is 14.2 Å². The van der Waals surface area contributed by atoms with Gasteiger partial charge in [0.15, 0.2) is 6.61 Å². The molecule has 3 rings (SSSR count). The molecule has 1 aliphatic carbocycles. The van der Waals surface area contributed by atoms with Gasteiger partial charge in [0.2, 0.25) is 0 Å². The Hall–Kier alpha value is -3.30. The van der Waals surface area contributed by atoms with Crippen LogP contribution in [0.3, 0.4) is 0 Å². The van der Waals surface area contributed by atoms with Crippen LogP contribution in [0, 0.1) is 5.92 Å². The molecular formula is C19H23N3O7. The zero-order chi connectivity index (χ0) is 21.2. The van der Waals surface area contributed by atoms with Crippen LogP contribution < -0.4 is 20.1 Å². The van der Waals surface area contributed by atoms with E-state index in [0.717, 1.165) is 17.7 Å². The van der Waals surface area contributed by atoms with Crippen LogP contribution in [0.2, 0.25) is 0 Å². The van der Waals surface area contributed by atoms with Crippen molar-refractivity contribution in [2.45, 2.75) is 25.3 Å². The summed E-state index contributed by atoms with van der Waals surface area (Å²) in [6, 6.07) is 4.19. The number of carbonyl (C=O) groups is 4. The number of ether oxygens (including phenoxy) is 3. The maximum Gasteiger partial charge on any atom is 0.326 e. The first kappa shape index (κ1) is 20.4. The maximum absolute atomic E-state index is 12.5. The van der Waals surface area contributed by atoms with E-state index in [1.165, 1.54) is 14.2 Å². The maximum atomic E-state index is 12.5. The molecule has 4 amide bonds. The number of esters is 1. The zero-order valence-corrected chi connectivity index (χ0v) is 16.4. The largest absolute Gasteiger partial charge is 0.497 e. The third kappa shape index (κ3) is 4.25. The number of urea groups is 1. The second kappa shape index (κ2) is 7.98.